The Kier molecular flexibility index (Phi) is 18.0. The summed E-state index contributed by atoms with van der Waals surface area (Å²) in [5.74, 6) is -2.38. The fourth-order valence-corrected chi connectivity index (χ4v) is 17.5. The van der Waals surface area contributed by atoms with Gasteiger partial charge in [-0.3, -0.25) is 0 Å². The molecule has 96 heavy (non-hydrogen) atoms. The smallest absolute Gasteiger partial charge is 0.138 e. The van der Waals surface area contributed by atoms with Crippen molar-refractivity contribution in [2.75, 3.05) is 0 Å². The van der Waals surface area contributed by atoms with Crippen molar-refractivity contribution in [3.63, 3.8) is 0 Å². The van der Waals surface area contributed by atoms with Gasteiger partial charge >= 0.3 is 0 Å². The van der Waals surface area contributed by atoms with Gasteiger partial charge < -0.3 is 40.5 Å². The van der Waals surface area contributed by atoms with E-state index in [1.165, 1.54) is 0 Å². The van der Waals surface area contributed by atoms with Crippen LogP contribution in [0.5, 0.6) is 51.7 Å². The van der Waals surface area contributed by atoms with Crippen LogP contribution < -0.4 is 4.74 Å². The Bertz CT molecular complexity index is 4260. The van der Waals surface area contributed by atoms with Crippen molar-refractivity contribution >= 4 is 0 Å². The van der Waals surface area contributed by atoms with Crippen molar-refractivity contribution in [3.8, 4) is 51.7 Å². The van der Waals surface area contributed by atoms with Gasteiger partial charge in [0.2, 0.25) is 0 Å². The van der Waals surface area contributed by atoms with E-state index in [4.69, 9.17) is 4.74 Å². The molecule has 0 saturated carbocycles. The van der Waals surface area contributed by atoms with Gasteiger partial charge in [-0.05, 0) is 49.4 Å². The first-order chi connectivity index (χ1) is 44.2. The molecular weight excluding hydrogens is 1180 g/mol. The van der Waals surface area contributed by atoms with Crippen LogP contribution in [-0.2, 0) is 0 Å². The lowest BCUT2D eigenvalue weighted by Gasteiger charge is -2.42. The maximum absolute atomic E-state index is 13.5. The Hall–Kier alpha value is -7.84. The lowest BCUT2D eigenvalue weighted by Crippen LogP contribution is -2.28. The fraction of sp³-hybridized carbons (Fsp3) is 0.455. The normalized spacial score (nSPS) is 20.7. The Morgan fingerprint density at radius 2 is 0.354 bits per heavy atom. The van der Waals surface area contributed by atoms with E-state index in [1.807, 2.05) is 115 Å². The molecule has 0 spiro atoms. The summed E-state index contributed by atoms with van der Waals surface area (Å²) in [6.07, 6.45) is 0. The van der Waals surface area contributed by atoms with Gasteiger partial charge in [0.1, 0.15) is 51.7 Å². The van der Waals surface area contributed by atoms with Gasteiger partial charge in [0.15, 0.2) is 0 Å². The van der Waals surface area contributed by atoms with Gasteiger partial charge in [0.25, 0.3) is 0 Å². The molecule has 8 nitrogen and oxygen atoms in total. The van der Waals surface area contributed by atoms with Crippen LogP contribution in [0.1, 0.15) is 303 Å². The van der Waals surface area contributed by atoms with Gasteiger partial charge in [-0.2, -0.15) is 0 Å². The molecule has 8 atom stereocenters. The average molecular weight is 1300 g/mol. The van der Waals surface area contributed by atoms with Crippen LogP contribution in [0.15, 0.2) is 140 Å². The SMILES string of the molecule is CC(C)(C)C1c2cccc(c2O)C(C(C)(C)C)c2cccc(c2O)C(C(C)(C)C)c2cccc(c2O)C(C(C)(C)C)c2cccc3c2Oc2c(ccc(O)c2C3C(C)(C)C)C(C(C)(C)C)c2cccc(c2O)C(C(C)(C)C)c2cccc(c2O)C(C(C)(C)C)c2cccc1c2O. The lowest BCUT2D eigenvalue weighted by molar-refractivity contribution is 0.295. The van der Waals surface area contributed by atoms with Crippen LogP contribution in [0.2, 0.25) is 0 Å². The van der Waals surface area contributed by atoms with Gasteiger partial charge in [-0.15, -0.1) is 0 Å². The number of benzene rings is 8. The molecule has 8 unspecified atom stereocenters. The maximum atomic E-state index is 13.5. The summed E-state index contributed by atoms with van der Waals surface area (Å²) in [7, 11) is 0. The number of aromatic hydroxyl groups is 7. The summed E-state index contributed by atoms with van der Waals surface area (Å²) < 4.78 is 7.68. The summed E-state index contributed by atoms with van der Waals surface area (Å²) in [4.78, 5) is 0. The largest absolute Gasteiger partial charge is 0.508 e. The molecule has 0 radical (unpaired) electrons. The molecule has 0 aliphatic carbocycles. The van der Waals surface area contributed by atoms with E-state index in [-0.39, 0.29) is 46.2 Å². The minimum Gasteiger partial charge on any atom is -0.508 e. The van der Waals surface area contributed by atoms with Crippen LogP contribution in [0.25, 0.3) is 0 Å². The summed E-state index contributed by atoms with van der Waals surface area (Å²) in [5.41, 5.74) is 6.43. The number of hydrogen-bond acceptors (Lipinski definition) is 8. The van der Waals surface area contributed by atoms with Crippen LogP contribution in [0.3, 0.4) is 0 Å². The number of phenolic OH excluding ortho intramolecular Hbond substituents is 7. The van der Waals surface area contributed by atoms with Crippen molar-refractivity contribution < 1.29 is 40.5 Å². The number of para-hydroxylation sites is 7. The fourth-order valence-electron chi connectivity index (χ4n) is 17.5. The van der Waals surface area contributed by atoms with E-state index in [0.29, 0.717) is 83.8 Å². The van der Waals surface area contributed by atoms with E-state index in [9.17, 15) is 35.7 Å². The molecule has 2 aliphatic rings. The minimum atomic E-state index is -0.586. The van der Waals surface area contributed by atoms with Gasteiger partial charge in [0, 0.05) is 136 Å². The van der Waals surface area contributed by atoms with E-state index >= 15 is 0 Å². The quantitative estimate of drug-likeness (QED) is 0.0793. The van der Waals surface area contributed by atoms with Crippen LogP contribution in [0, 0.1) is 43.3 Å². The highest BCUT2D eigenvalue weighted by molar-refractivity contribution is 5.69. The van der Waals surface area contributed by atoms with Gasteiger partial charge in [0.05, 0.1) is 0 Å². The lowest BCUT2D eigenvalue weighted by atomic mass is 9.65. The Labute approximate surface area is 574 Å². The summed E-state index contributed by atoms with van der Waals surface area (Å²) in [6.45, 7) is 51.6. The molecule has 0 amide bonds. The van der Waals surface area contributed by atoms with Crippen LogP contribution >= 0.6 is 0 Å². The maximum Gasteiger partial charge on any atom is 0.138 e. The molecule has 8 heteroatoms. The Balaban J connectivity index is 1.34. The zero-order valence-corrected chi connectivity index (χ0v) is 61.9. The second-order valence-corrected chi connectivity index (χ2v) is 36.9. The zero-order valence-electron chi connectivity index (χ0n) is 61.9. The average Bonchev–Trinajstić information content (AvgIpc) is 0.720. The third-order valence-corrected chi connectivity index (χ3v) is 21.0. The number of ether oxygens (including phenoxy) is 1. The molecule has 0 saturated heterocycles. The molecule has 14 bridgehead atoms. The predicted octanol–water partition coefficient (Wildman–Crippen LogP) is 23.5. The van der Waals surface area contributed by atoms with Crippen molar-refractivity contribution in [2.24, 2.45) is 43.3 Å². The topological polar surface area (TPSA) is 151 Å². The molecule has 510 valence electrons. The highest BCUT2D eigenvalue weighted by atomic mass is 16.5. The monoisotopic (exact) mass is 1290 g/mol. The summed E-state index contributed by atoms with van der Waals surface area (Å²) in [5, 5.41) is 92.9. The van der Waals surface area contributed by atoms with E-state index < -0.39 is 84.7 Å². The van der Waals surface area contributed by atoms with E-state index in [0.717, 1.165) is 16.7 Å². The van der Waals surface area contributed by atoms with Crippen molar-refractivity contribution in [1.29, 1.82) is 0 Å². The van der Waals surface area contributed by atoms with Gasteiger partial charge in [-0.1, -0.05) is 300 Å². The standard InChI is InChI=1S/C88H110O8/c1-81(2,3)65-48-32-25-34-50(73(48)90)66(82(4,5)6)52-36-27-38-54(75(52)92)68(84(10,11)12)56-40-29-42-58(77(56)94)70(86(16,17)18)60-44-31-45-61-72(88(22,23)24)64-63(89)47-46-62(80(64)96-79(60)61)71(87(19,20)21)59-43-30-41-57(78(59)95)69(85(13,14)15)55-39-28-37-53(76(55)93)67(83(7,8)9)51-35-26-33-49(65)74(51)91/h25-47,65-72,89-95H,1-24H3. The van der Waals surface area contributed by atoms with Crippen molar-refractivity contribution in [2.45, 2.75) is 214 Å². The molecule has 0 aromatic heterocycles. The van der Waals surface area contributed by atoms with Crippen molar-refractivity contribution in [3.05, 3.63) is 229 Å². The van der Waals surface area contributed by atoms with E-state index in [1.54, 1.807) is 6.07 Å². The first-order valence-electron chi connectivity index (χ1n) is 34.8. The second-order valence-electron chi connectivity index (χ2n) is 36.9. The molecule has 2 heterocycles. The molecule has 8 aromatic rings. The molecule has 7 N–H and O–H groups in total. The Morgan fingerprint density at radius 1 is 0.198 bits per heavy atom. The van der Waals surface area contributed by atoms with Gasteiger partial charge in [-0.25, -0.2) is 0 Å². The second kappa shape index (κ2) is 24.3. The molecule has 2 aliphatic heterocycles. The van der Waals surface area contributed by atoms with E-state index in [2.05, 4.69) is 184 Å². The first-order valence-corrected chi connectivity index (χ1v) is 34.8. The first kappa shape index (κ1) is 70.9. The highest BCUT2D eigenvalue weighted by Gasteiger charge is 2.48. The van der Waals surface area contributed by atoms with Crippen LogP contribution in [-0.4, -0.2) is 35.7 Å². The number of hydrogen-bond donors (Lipinski definition) is 7. The highest BCUT2D eigenvalue weighted by Crippen LogP contribution is 2.64. The Morgan fingerprint density at radius 3 is 0.542 bits per heavy atom. The minimum absolute atomic E-state index is 0.0681. The molecule has 0 fully saturated rings. The number of fused-ring (bicyclic) bond motifs is 12. The number of phenols is 7. The third kappa shape index (κ3) is 12.5. The van der Waals surface area contributed by atoms with Crippen molar-refractivity contribution in [1.82, 2.24) is 0 Å². The summed E-state index contributed by atoms with van der Waals surface area (Å²) in [6, 6.07) is 45.6. The summed E-state index contributed by atoms with van der Waals surface area (Å²) >= 11 is 0. The predicted molar refractivity (Wildman–Crippen MR) is 394 cm³/mol. The third-order valence-electron chi connectivity index (χ3n) is 21.0. The van der Waals surface area contributed by atoms with Crippen LogP contribution in [0.4, 0.5) is 0 Å². The molecular formula is C88H110O8. The zero-order chi connectivity index (χ0) is 71.0. The number of rotatable bonds is 0. The molecule has 10 rings (SSSR count). The molecule has 8 aromatic carbocycles.